The zero-order valence-electron chi connectivity index (χ0n) is 21.2. The van der Waals surface area contributed by atoms with Crippen molar-refractivity contribution >= 4 is 17.6 Å². The maximum Gasteiger partial charge on any atom is 0.262 e. The predicted molar refractivity (Wildman–Crippen MR) is 135 cm³/mol. The van der Waals surface area contributed by atoms with Gasteiger partial charge in [-0.1, -0.05) is 43.9 Å². The fraction of sp³-hybridized carbons (Fsp3) is 0.536. The molecule has 1 aliphatic heterocycles. The number of rotatable bonds is 11. The van der Waals surface area contributed by atoms with E-state index in [9.17, 15) is 14.4 Å². The molecule has 1 aliphatic carbocycles. The summed E-state index contributed by atoms with van der Waals surface area (Å²) in [6, 6.07) is 5.13. The molecular weight excluding hydrogens is 426 g/mol. The highest BCUT2D eigenvalue weighted by Crippen LogP contribution is 2.31. The smallest absolute Gasteiger partial charge is 0.262 e. The van der Waals surface area contributed by atoms with Crippen LogP contribution < -0.4 is 5.32 Å². The van der Waals surface area contributed by atoms with Gasteiger partial charge in [-0.25, -0.2) is 0 Å². The van der Waals surface area contributed by atoms with E-state index < -0.39 is 6.04 Å². The molecule has 1 aromatic rings. The van der Waals surface area contributed by atoms with Crippen LogP contribution in [0.5, 0.6) is 0 Å². The van der Waals surface area contributed by atoms with Crippen LogP contribution in [-0.4, -0.2) is 46.5 Å². The maximum atomic E-state index is 13.5. The molecule has 1 N–H and O–H groups in total. The minimum Gasteiger partial charge on any atom is -0.369 e. The molecule has 2 amide bonds. The number of allylic oxidation sites excluding steroid dienone is 2. The number of benzene rings is 1. The van der Waals surface area contributed by atoms with Gasteiger partial charge in [0.2, 0.25) is 0 Å². The van der Waals surface area contributed by atoms with Crippen molar-refractivity contribution in [2.45, 2.75) is 90.8 Å². The van der Waals surface area contributed by atoms with E-state index in [0.29, 0.717) is 36.6 Å². The van der Waals surface area contributed by atoms with Crippen LogP contribution in [0.1, 0.15) is 98.4 Å². The highest BCUT2D eigenvalue weighted by atomic mass is 16.2. The predicted octanol–water partition coefficient (Wildman–Crippen LogP) is 5.20. The molecular formula is C28H39N3O3. The molecule has 1 heterocycles. The number of Topliss-reactive ketones (excluding diaryl/α,β-unsaturated/α-hetero) is 1. The first-order valence-electron chi connectivity index (χ1n) is 12.6. The van der Waals surface area contributed by atoms with Crippen molar-refractivity contribution in [2.24, 2.45) is 0 Å². The van der Waals surface area contributed by atoms with Gasteiger partial charge >= 0.3 is 0 Å². The van der Waals surface area contributed by atoms with Gasteiger partial charge < -0.3 is 10.2 Å². The fourth-order valence-corrected chi connectivity index (χ4v) is 5.00. The van der Waals surface area contributed by atoms with Crippen molar-refractivity contribution in [1.29, 1.82) is 0 Å². The first-order chi connectivity index (χ1) is 16.2. The van der Waals surface area contributed by atoms with E-state index in [-0.39, 0.29) is 17.6 Å². The Morgan fingerprint density at radius 1 is 1.21 bits per heavy atom. The fourth-order valence-electron chi connectivity index (χ4n) is 5.00. The molecule has 0 aromatic heterocycles. The number of amides is 2. The zero-order valence-corrected chi connectivity index (χ0v) is 21.2. The quantitative estimate of drug-likeness (QED) is 0.359. The van der Waals surface area contributed by atoms with E-state index in [1.165, 1.54) is 43.9 Å². The van der Waals surface area contributed by atoms with Crippen molar-refractivity contribution in [2.75, 3.05) is 7.05 Å². The summed E-state index contributed by atoms with van der Waals surface area (Å²) in [4.78, 5) is 42.4. The summed E-state index contributed by atoms with van der Waals surface area (Å²) in [7, 11) is 2.01. The summed E-state index contributed by atoms with van der Waals surface area (Å²) in [6.07, 6.45) is 10.2. The first-order valence-corrected chi connectivity index (χ1v) is 12.6. The van der Waals surface area contributed by atoms with E-state index in [2.05, 4.69) is 29.8 Å². The van der Waals surface area contributed by atoms with Gasteiger partial charge in [0.15, 0.2) is 5.78 Å². The minimum absolute atomic E-state index is 0.181. The number of hydrogen-bond donors (Lipinski definition) is 1. The first kappa shape index (κ1) is 25.7. The molecule has 2 aliphatic rings. The summed E-state index contributed by atoms with van der Waals surface area (Å²) in [5.41, 5.74) is 2.54. The van der Waals surface area contributed by atoms with Crippen LogP contribution in [0.15, 0.2) is 42.2 Å². The molecule has 6 nitrogen and oxygen atoms in total. The lowest BCUT2D eigenvalue weighted by molar-refractivity contribution is -0.121. The second-order valence-corrected chi connectivity index (χ2v) is 9.78. The SMILES string of the molecule is C=C(C)CCC(C(C)=O)N1C(=O)c2cccc(CN(C)C(=CCC)NC3CCCCC3)c2C1=O. The number of carbonyl (C=O) groups is 3. The van der Waals surface area contributed by atoms with Gasteiger partial charge in [0, 0.05) is 19.6 Å². The molecule has 0 bridgehead atoms. The lowest BCUT2D eigenvalue weighted by Crippen LogP contribution is -2.44. The zero-order chi connectivity index (χ0) is 24.8. The lowest BCUT2D eigenvalue weighted by atomic mass is 9.95. The van der Waals surface area contributed by atoms with Crippen LogP contribution in [0, 0.1) is 0 Å². The van der Waals surface area contributed by atoms with Crippen LogP contribution in [0.25, 0.3) is 0 Å². The number of nitrogens with zero attached hydrogens (tertiary/aromatic N) is 2. The van der Waals surface area contributed by atoms with E-state index in [0.717, 1.165) is 23.4 Å². The number of imide groups is 1. The standard InChI is InChI=1S/C28H39N3O3/c1-6-11-25(29-22-13-8-7-9-14-22)30(5)18-21-12-10-15-23-26(21)28(34)31(27(23)33)24(20(4)32)17-16-19(2)3/h10-12,15,22,24,29H,2,6-9,13-14,16-18H2,1,3-5H3. The van der Waals surface area contributed by atoms with Crippen LogP contribution in [0.2, 0.25) is 0 Å². The highest BCUT2D eigenvalue weighted by Gasteiger charge is 2.42. The van der Waals surface area contributed by atoms with Crippen LogP contribution in [-0.2, 0) is 11.3 Å². The Morgan fingerprint density at radius 2 is 1.91 bits per heavy atom. The van der Waals surface area contributed by atoms with Crippen molar-refractivity contribution in [3.8, 4) is 0 Å². The van der Waals surface area contributed by atoms with Gasteiger partial charge in [-0.05, 0) is 63.7 Å². The Balaban J connectivity index is 1.83. The summed E-state index contributed by atoms with van der Waals surface area (Å²) in [6.45, 7) is 9.84. The molecule has 0 spiro atoms. The van der Waals surface area contributed by atoms with E-state index in [1.807, 2.05) is 26.1 Å². The van der Waals surface area contributed by atoms with Gasteiger partial charge in [-0.15, -0.1) is 6.58 Å². The topological polar surface area (TPSA) is 69.7 Å². The Morgan fingerprint density at radius 3 is 2.53 bits per heavy atom. The van der Waals surface area contributed by atoms with Crippen molar-refractivity contribution in [3.05, 3.63) is 58.9 Å². The normalized spacial score (nSPS) is 17.5. The highest BCUT2D eigenvalue weighted by molar-refractivity contribution is 6.23. The Hall–Kier alpha value is -2.89. The van der Waals surface area contributed by atoms with Gasteiger partial charge in [-0.3, -0.25) is 19.3 Å². The van der Waals surface area contributed by atoms with Gasteiger partial charge in [0.25, 0.3) is 11.8 Å². The Bertz CT molecular complexity index is 975. The Labute approximate surface area is 204 Å². The number of nitrogens with one attached hydrogen (secondary N) is 1. The molecule has 1 unspecified atom stereocenters. The molecule has 184 valence electrons. The molecule has 3 rings (SSSR count). The molecule has 6 heteroatoms. The summed E-state index contributed by atoms with van der Waals surface area (Å²) in [5.74, 6) is 0.131. The van der Waals surface area contributed by atoms with E-state index >= 15 is 0 Å². The third-order valence-electron chi connectivity index (χ3n) is 6.83. The van der Waals surface area contributed by atoms with Crippen LogP contribution in [0.4, 0.5) is 0 Å². The lowest BCUT2D eigenvalue weighted by Gasteiger charge is -2.31. The van der Waals surface area contributed by atoms with Gasteiger partial charge in [0.05, 0.1) is 23.0 Å². The van der Waals surface area contributed by atoms with Crippen molar-refractivity contribution in [1.82, 2.24) is 15.1 Å². The molecule has 1 saturated carbocycles. The number of carbonyl (C=O) groups excluding carboxylic acids is 3. The largest absolute Gasteiger partial charge is 0.369 e. The van der Waals surface area contributed by atoms with Crippen molar-refractivity contribution in [3.63, 3.8) is 0 Å². The Kier molecular flexibility index (Phi) is 8.70. The molecule has 0 saturated heterocycles. The van der Waals surface area contributed by atoms with E-state index in [4.69, 9.17) is 0 Å². The average molecular weight is 466 g/mol. The summed E-state index contributed by atoms with van der Waals surface area (Å²) in [5, 5.41) is 3.71. The van der Waals surface area contributed by atoms with Crippen LogP contribution in [0.3, 0.4) is 0 Å². The third kappa shape index (κ3) is 5.78. The second kappa shape index (κ2) is 11.5. The summed E-state index contributed by atoms with van der Waals surface area (Å²) >= 11 is 0. The molecule has 0 radical (unpaired) electrons. The maximum absolute atomic E-state index is 13.5. The van der Waals surface area contributed by atoms with Crippen molar-refractivity contribution < 1.29 is 14.4 Å². The average Bonchev–Trinajstić information content (AvgIpc) is 3.05. The molecule has 34 heavy (non-hydrogen) atoms. The second-order valence-electron chi connectivity index (χ2n) is 9.78. The van der Waals surface area contributed by atoms with Crippen LogP contribution >= 0.6 is 0 Å². The molecule has 1 atom stereocenters. The number of fused-ring (bicyclic) bond motifs is 1. The third-order valence-corrected chi connectivity index (χ3v) is 6.83. The van der Waals surface area contributed by atoms with Gasteiger partial charge in [-0.2, -0.15) is 0 Å². The molecule has 1 fully saturated rings. The minimum atomic E-state index is -0.766. The number of ketones is 1. The monoisotopic (exact) mass is 465 g/mol. The van der Waals surface area contributed by atoms with Gasteiger partial charge in [0.1, 0.15) is 0 Å². The number of hydrogen-bond acceptors (Lipinski definition) is 5. The summed E-state index contributed by atoms with van der Waals surface area (Å²) < 4.78 is 0. The van der Waals surface area contributed by atoms with E-state index in [1.54, 1.807) is 6.07 Å². The molecule has 1 aromatic carbocycles.